The highest BCUT2D eigenvalue weighted by molar-refractivity contribution is 6.32. The van der Waals surface area contributed by atoms with Gasteiger partial charge < -0.3 is 15.6 Å². The summed E-state index contributed by atoms with van der Waals surface area (Å²) >= 11 is 6.10. The van der Waals surface area contributed by atoms with Crippen molar-refractivity contribution in [3.8, 4) is 5.75 Å². The Kier molecular flexibility index (Phi) is 4.59. The largest absolute Gasteiger partial charge is 0.495 e. The van der Waals surface area contributed by atoms with E-state index in [0.29, 0.717) is 10.8 Å². The summed E-state index contributed by atoms with van der Waals surface area (Å²) < 4.78 is 5.26. The minimum Gasteiger partial charge on any atom is -0.495 e. The second-order valence-corrected chi connectivity index (χ2v) is 4.44. The molecule has 0 heterocycles. The van der Waals surface area contributed by atoms with Crippen LogP contribution in [-0.2, 0) is 0 Å². The standard InChI is InChI=1S/C12H18ClNO2/c1-7(2)9-4-8(11(15)6-14)5-10(13)12(9)16-3/h4-5,7,11,15H,6,14H2,1-3H3. The van der Waals surface area contributed by atoms with Gasteiger partial charge in [-0.05, 0) is 29.2 Å². The number of halogens is 1. The Balaban J connectivity index is 3.28. The fourth-order valence-corrected chi connectivity index (χ4v) is 1.92. The first kappa shape index (κ1) is 13.3. The van der Waals surface area contributed by atoms with E-state index in [1.165, 1.54) is 0 Å². The van der Waals surface area contributed by atoms with Crippen LogP contribution in [0, 0.1) is 0 Å². The van der Waals surface area contributed by atoms with Crippen LogP contribution in [0.5, 0.6) is 5.75 Å². The third-order valence-corrected chi connectivity index (χ3v) is 2.81. The lowest BCUT2D eigenvalue weighted by Crippen LogP contribution is -2.12. The quantitative estimate of drug-likeness (QED) is 0.854. The summed E-state index contributed by atoms with van der Waals surface area (Å²) in [7, 11) is 1.59. The molecule has 0 bridgehead atoms. The highest BCUT2D eigenvalue weighted by Gasteiger charge is 2.16. The zero-order valence-electron chi connectivity index (χ0n) is 9.83. The number of aliphatic hydroxyl groups is 1. The van der Waals surface area contributed by atoms with E-state index in [9.17, 15) is 5.11 Å². The van der Waals surface area contributed by atoms with Gasteiger partial charge in [0.25, 0.3) is 0 Å². The summed E-state index contributed by atoms with van der Waals surface area (Å²) in [6.07, 6.45) is -0.680. The van der Waals surface area contributed by atoms with Crippen molar-refractivity contribution in [1.82, 2.24) is 0 Å². The molecule has 0 aromatic heterocycles. The molecule has 3 N–H and O–H groups in total. The number of aliphatic hydroxyl groups excluding tert-OH is 1. The lowest BCUT2D eigenvalue weighted by Gasteiger charge is -2.17. The van der Waals surface area contributed by atoms with Crippen molar-refractivity contribution in [3.05, 3.63) is 28.3 Å². The highest BCUT2D eigenvalue weighted by atomic mass is 35.5. The molecule has 1 rings (SSSR count). The van der Waals surface area contributed by atoms with Crippen molar-refractivity contribution >= 4 is 11.6 Å². The number of rotatable bonds is 4. The van der Waals surface area contributed by atoms with Gasteiger partial charge in [-0.15, -0.1) is 0 Å². The van der Waals surface area contributed by atoms with Crippen LogP contribution in [0.25, 0.3) is 0 Å². The summed E-state index contributed by atoms with van der Waals surface area (Å²) in [5.74, 6) is 0.946. The van der Waals surface area contributed by atoms with E-state index < -0.39 is 6.10 Å². The molecule has 0 fully saturated rings. The molecule has 0 aliphatic rings. The lowest BCUT2D eigenvalue weighted by atomic mass is 9.97. The molecule has 16 heavy (non-hydrogen) atoms. The van der Waals surface area contributed by atoms with Crippen LogP contribution in [0.1, 0.15) is 37.0 Å². The summed E-state index contributed by atoms with van der Waals surface area (Å²) in [5, 5.41) is 10.2. The van der Waals surface area contributed by atoms with Gasteiger partial charge in [0.2, 0.25) is 0 Å². The zero-order chi connectivity index (χ0) is 12.3. The Morgan fingerprint density at radius 1 is 1.44 bits per heavy atom. The molecular formula is C12H18ClNO2. The molecule has 0 aliphatic carbocycles. The Morgan fingerprint density at radius 3 is 2.50 bits per heavy atom. The maximum Gasteiger partial charge on any atom is 0.140 e. The minimum absolute atomic E-state index is 0.181. The second-order valence-electron chi connectivity index (χ2n) is 4.03. The normalized spacial score (nSPS) is 12.9. The van der Waals surface area contributed by atoms with Gasteiger partial charge in [-0.25, -0.2) is 0 Å². The Morgan fingerprint density at radius 2 is 2.06 bits per heavy atom. The Hall–Kier alpha value is -0.770. The maximum atomic E-state index is 9.70. The van der Waals surface area contributed by atoms with Crippen molar-refractivity contribution in [2.24, 2.45) is 5.73 Å². The minimum atomic E-state index is -0.680. The first-order chi connectivity index (χ1) is 7.51. The Labute approximate surface area is 101 Å². The van der Waals surface area contributed by atoms with Gasteiger partial charge in [0.1, 0.15) is 5.75 Å². The highest BCUT2D eigenvalue weighted by Crippen LogP contribution is 2.36. The first-order valence-corrected chi connectivity index (χ1v) is 5.64. The molecule has 1 aromatic carbocycles. The van der Waals surface area contributed by atoms with Crippen LogP contribution in [0.4, 0.5) is 0 Å². The molecule has 0 spiro atoms. The number of nitrogens with two attached hydrogens (primary N) is 1. The fraction of sp³-hybridized carbons (Fsp3) is 0.500. The SMILES string of the molecule is COc1c(Cl)cc(C(O)CN)cc1C(C)C. The maximum absolute atomic E-state index is 9.70. The molecule has 1 aromatic rings. The second kappa shape index (κ2) is 5.53. The predicted molar refractivity (Wildman–Crippen MR) is 66.1 cm³/mol. The molecule has 0 aliphatic heterocycles. The molecule has 4 heteroatoms. The molecule has 0 amide bonds. The predicted octanol–water partition coefficient (Wildman–Crippen LogP) is 2.46. The van der Waals surface area contributed by atoms with Crippen molar-refractivity contribution in [2.45, 2.75) is 25.9 Å². The van der Waals surface area contributed by atoms with Crippen LogP contribution >= 0.6 is 11.6 Å². The average Bonchev–Trinajstić information content (AvgIpc) is 2.26. The first-order valence-electron chi connectivity index (χ1n) is 5.26. The van der Waals surface area contributed by atoms with Gasteiger partial charge in [-0.2, -0.15) is 0 Å². The molecule has 1 atom stereocenters. The number of hydrogen-bond donors (Lipinski definition) is 2. The van der Waals surface area contributed by atoms with Gasteiger partial charge in [0.15, 0.2) is 0 Å². The smallest absolute Gasteiger partial charge is 0.140 e. The molecule has 0 radical (unpaired) electrons. The topological polar surface area (TPSA) is 55.5 Å². The van der Waals surface area contributed by atoms with Gasteiger partial charge in [0, 0.05) is 6.54 Å². The summed E-state index contributed by atoms with van der Waals surface area (Å²) in [5.41, 5.74) is 7.14. The monoisotopic (exact) mass is 243 g/mol. The summed E-state index contributed by atoms with van der Waals surface area (Å²) in [4.78, 5) is 0. The molecule has 0 saturated heterocycles. The third-order valence-electron chi connectivity index (χ3n) is 2.53. The van der Waals surface area contributed by atoms with Gasteiger partial charge in [-0.3, -0.25) is 0 Å². The molecule has 0 saturated carbocycles. The average molecular weight is 244 g/mol. The van der Waals surface area contributed by atoms with E-state index in [2.05, 4.69) is 0 Å². The molecular weight excluding hydrogens is 226 g/mol. The van der Waals surface area contributed by atoms with Crippen molar-refractivity contribution in [1.29, 1.82) is 0 Å². The fourth-order valence-electron chi connectivity index (χ4n) is 1.61. The molecule has 90 valence electrons. The van der Waals surface area contributed by atoms with Crippen molar-refractivity contribution < 1.29 is 9.84 Å². The van der Waals surface area contributed by atoms with E-state index in [1.54, 1.807) is 13.2 Å². The van der Waals surface area contributed by atoms with E-state index in [-0.39, 0.29) is 12.5 Å². The van der Waals surface area contributed by atoms with Crippen LogP contribution in [-0.4, -0.2) is 18.8 Å². The molecule has 1 unspecified atom stereocenters. The summed E-state index contributed by atoms with van der Waals surface area (Å²) in [6.45, 7) is 4.28. The lowest BCUT2D eigenvalue weighted by molar-refractivity contribution is 0.186. The van der Waals surface area contributed by atoms with Crippen molar-refractivity contribution in [3.63, 3.8) is 0 Å². The van der Waals surface area contributed by atoms with Crippen LogP contribution < -0.4 is 10.5 Å². The number of methoxy groups -OCH3 is 1. The van der Waals surface area contributed by atoms with Crippen molar-refractivity contribution in [2.75, 3.05) is 13.7 Å². The van der Waals surface area contributed by atoms with Gasteiger partial charge in [-0.1, -0.05) is 25.4 Å². The third kappa shape index (κ3) is 2.67. The summed E-state index contributed by atoms with van der Waals surface area (Å²) in [6, 6.07) is 3.59. The zero-order valence-corrected chi connectivity index (χ0v) is 10.6. The van der Waals surface area contributed by atoms with Gasteiger partial charge in [0.05, 0.1) is 18.2 Å². The molecule has 3 nitrogen and oxygen atoms in total. The number of ether oxygens (including phenoxy) is 1. The van der Waals surface area contributed by atoms with Crippen LogP contribution in [0.15, 0.2) is 12.1 Å². The Bertz CT molecular complexity index is 366. The van der Waals surface area contributed by atoms with E-state index in [4.69, 9.17) is 22.1 Å². The number of hydrogen-bond acceptors (Lipinski definition) is 3. The van der Waals surface area contributed by atoms with Gasteiger partial charge >= 0.3 is 0 Å². The van der Waals surface area contributed by atoms with E-state index >= 15 is 0 Å². The van der Waals surface area contributed by atoms with Crippen LogP contribution in [0.3, 0.4) is 0 Å². The van der Waals surface area contributed by atoms with E-state index in [1.807, 2.05) is 19.9 Å². The van der Waals surface area contributed by atoms with E-state index in [0.717, 1.165) is 11.1 Å². The van der Waals surface area contributed by atoms with Crippen LogP contribution in [0.2, 0.25) is 5.02 Å². The number of benzene rings is 1.